The number of nitrogens with zero attached hydrogens (tertiary/aromatic N) is 1. The number of likely N-dealkylation sites (tertiary alicyclic amines) is 1. The summed E-state index contributed by atoms with van der Waals surface area (Å²) in [6.07, 6.45) is 11.2. The number of para-hydroxylation sites is 1. The molecule has 1 saturated heterocycles. The molecule has 2 aliphatic rings. The monoisotopic (exact) mass is 323 g/mol. The first kappa shape index (κ1) is 16.0. The van der Waals surface area contributed by atoms with E-state index >= 15 is 0 Å². The van der Waals surface area contributed by atoms with Crippen molar-refractivity contribution in [3.8, 4) is 0 Å². The van der Waals surface area contributed by atoms with Gasteiger partial charge in [0, 0.05) is 10.9 Å². The van der Waals surface area contributed by atoms with Gasteiger partial charge in [0.2, 0.25) is 0 Å². The van der Waals surface area contributed by atoms with Crippen LogP contribution in [0.1, 0.15) is 56.4 Å². The zero-order valence-electron chi connectivity index (χ0n) is 14.7. The molecule has 1 aliphatic carbocycles. The molecule has 1 aliphatic heterocycles. The Balaban J connectivity index is 1.28. The summed E-state index contributed by atoms with van der Waals surface area (Å²) in [6, 6.07) is 8.46. The molecule has 1 aromatic heterocycles. The number of hydrogen-bond donors (Lipinski definition) is 0. The smallest absolute Gasteiger partial charge is 0.134 e. The predicted molar refractivity (Wildman–Crippen MR) is 100 cm³/mol. The van der Waals surface area contributed by atoms with Crippen LogP contribution in [0.15, 0.2) is 47.1 Å². The van der Waals surface area contributed by atoms with Gasteiger partial charge in [-0.25, -0.2) is 0 Å². The maximum Gasteiger partial charge on any atom is 0.134 e. The summed E-state index contributed by atoms with van der Waals surface area (Å²) >= 11 is 0. The Hall–Kier alpha value is -1.54. The van der Waals surface area contributed by atoms with Gasteiger partial charge in [-0.15, -0.1) is 0 Å². The standard InChI is InChI=1S/C22H29NO/c1-17-6-8-18(9-7-17)10-13-23-14-11-19(12-15-23)21-16-24-22-5-3-2-4-20(21)22/h2-5,16,18-19H,1,6-15H2. The van der Waals surface area contributed by atoms with Crippen molar-refractivity contribution in [2.24, 2.45) is 5.92 Å². The van der Waals surface area contributed by atoms with E-state index in [1.54, 1.807) is 0 Å². The molecule has 0 atom stereocenters. The number of hydrogen-bond acceptors (Lipinski definition) is 2. The minimum Gasteiger partial charge on any atom is -0.464 e. The maximum absolute atomic E-state index is 5.74. The summed E-state index contributed by atoms with van der Waals surface area (Å²) in [6.45, 7) is 7.90. The van der Waals surface area contributed by atoms with Crippen molar-refractivity contribution in [2.45, 2.75) is 50.9 Å². The van der Waals surface area contributed by atoms with Gasteiger partial charge in [-0.05, 0) is 82.5 Å². The molecule has 2 nitrogen and oxygen atoms in total. The molecule has 0 bridgehead atoms. The van der Waals surface area contributed by atoms with Gasteiger partial charge in [0.25, 0.3) is 0 Å². The van der Waals surface area contributed by atoms with Crippen LogP contribution in [0.5, 0.6) is 0 Å². The second kappa shape index (κ2) is 7.14. The lowest BCUT2D eigenvalue weighted by atomic mass is 9.84. The van der Waals surface area contributed by atoms with Crippen LogP contribution in [0.25, 0.3) is 11.0 Å². The highest BCUT2D eigenvalue weighted by molar-refractivity contribution is 5.81. The lowest BCUT2D eigenvalue weighted by molar-refractivity contribution is 0.192. The molecular formula is C22H29NO. The zero-order chi connectivity index (χ0) is 16.4. The lowest BCUT2D eigenvalue weighted by Crippen LogP contribution is -2.34. The number of piperidine rings is 1. The predicted octanol–water partition coefficient (Wildman–Crippen LogP) is 5.75. The third-order valence-electron chi connectivity index (χ3n) is 6.20. The molecule has 0 amide bonds. The van der Waals surface area contributed by atoms with Crippen molar-refractivity contribution in [1.82, 2.24) is 4.90 Å². The molecular weight excluding hydrogens is 294 g/mol. The molecule has 0 unspecified atom stereocenters. The fourth-order valence-corrected chi connectivity index (χ4v) is 4.52. The van der Waals surface area contributed by atoms with Gasteiger partial charge in [-0.2, -0.15) is 0 Å². The minimum absolute atomic E-state index is 0.669. The van der Waals surface area contributed by atoms with E-state index in [4.69, 9.17) is 4.42 Å². The summed E-state index contributed by atoms with van der Waals surface area (Å²) < 4.78 is 5.74. The topological polar surface area (TPSA) is 16.4 Å². The van der Waals surface area contributed by atoms with E-state index in [9.17, 15) is 0 Å². The molecule has 0 radical (unpaired) electrons. The molecule has 1 saturated carbocycles. The highest BCUT2D eigenvalue weighted by Gasteiger charge is 2.24. The Morgan fingerprint density at radius 1 is 1.04 bits per heavy atom. The Morgan fingerprint density at radius 3 is 2.58 bits per heavy atom. The quantitative estimate of drug-likeness (QED) is 0.666. The fourth-order valence-electron chi connectivity index (χ4n) is 4.52. The Bertz CT molecular complexity index is 683. The van der Waals surface area contributed by atoms with E-state index in [1.165, 1.54) is 81.1 Å². The van der Waals surface area contributed by atoms with Crippen LogP contribution in [0.4, 0.5) is 0 Å². The van der Waals surface area contributed by atoms with Crippen LogP contribution in [-0.2, 0) is 0 Å². The van der Waals surface area contributed by atoms with Crippen LogP contribution in [0.3, 0.4) is 0 Å². The van der Waals surface area contributed by atoms with Gasteiger partial charge in [-0.3, -0.25) is 0 Å². The van der Waals surface area contributed by atoms with Crippen molar-refractivity contribution < 1.29 is 4.42 Å². The SMILES string of the molecule is C=C1CCC(CCN2CCC(c3coc4ccccc34)CC2)CC1. The number of allylic oxidation sites excluding steroid dienone is 1. The molecule has 0 N–H and O–H groups in total. The van der Waals surface area contributed by atoms with Gasteiger partial charge >= 0.3 is 0 Å². The van der Waals surface area contributed by atoms with E-state index in [1.807, 2.05) is 6.26 Å². The summed E-state index contributed by atoms with van der Waals surface area (Å²) in [5.41, 5.74) is 3.93. The first-order valence-electron chi connectivity index (χ1n) is 9.65. The zero-order valence-corrected chi connectivity index (χ0v) is 14.7. The van der Waals surface area contributed by atoms with Crippen LogP contribution in [0, 0.1) is 5.92 Å². The number of rotatable bonds is 4. The highest BCUT2D eigenvalue weighted by Crippen LogP contribution is 2.35. The van der Waals surface area contributed by atoms with Crippen molar-refractivity contribution in [1.29, 1.82) is 0 Å². The molecule has 4 rings (SSSR count). The van der Waals surface area contributed by atoms with Crippen molar-refractivity contribution in [2.75, 3.05) is 19.6 Å². The summed E-state index contributed by atoms with van der Waals surface area (Å²) in [5, 5.41) is 1.32. The van der Waals surface area contributed by atoms with Crippen molar-refractivity contribution in [3.05, 3.63) is 48.2 Å². The molecule has 2 heteroatoms. The second-order valence-corrected chi connectivity index (χ2v) is 7.79. The molecule has 2 heterocycles. The third kappa shape index (κ3) is 3.44. The van der Waals surface area contributed by atoms with Gasteiger partial charge in [0.1, 0.15) is 5.58 Å². The average Bonchev–Trinajstić information content (AvgIpc) is 3.06. The first-order valence-corrected chi connectivity index (χ1v) is 9.65. The van der Waals surface area contributed by atoms with Crippen molar-refractivity contribution >= 4 is 11.0 Å². The van der Waals surface area contributed by atoms with Gasteiger partial charge in [0.15, 0.2) is 0 Å². The Kier molecular flexibility index (Phi) is 4.75. The van der Waals surface area contributed by atoms with Gasteiger partial charge in [0.05, 0.1) is 6.26 Å². The number of fused-ring (bicyclic) bond motifs is 1. The molecule has 24 heavy (non-hydrogen) atoms. The highest BCUT2D eigenvalue weighted by atomic mass is 16.3. The first-order chi connectivity index (χ1) is 11.8. The van der Waals surface area contributed by atoms with E-state index < -0.39 is 0 Å². The average molecular weight is 323 g/mol. The summed E-state index contributed by atoms with van der Waals surface area (Å²) in [5.74, 6) is 1.61. The van der Waals surface area contributed by atoms with Crippen LogP contribution < -0.4 is 0 Å². The van der Waals surface area contributed by atoms with Crippen LogP contribution >= 0.6 is 0 Å². The number of benzene rings is 1. The molecule has 2 fully saturated rings. The summed E-state index contributed by atoms with van der Waals surface area (Å²) in [7, 11) is 0. The van der Waals surface area contributed by atoms with Gasteiger partial charge < -0.3 is 9.32 Å². The van der Waals surface area contributed by atoms with E-state index in [2.05, 4.69) is 35.7 Å². The molecule has 0 spiro atoms. The van der Waals surface area contributed by atoms with E-state index in [0.717, 1.165) is 11.5 Å². The second-order valence-electron chi connectivity index (χ2n) is 7.79. The summed E-state index contributed by atoms with van der Waals surface area (Å²) in [4.78, 5) is 2.68. The Morgan fingerprint density at radius 2 is 1.79 bits per heavy atom. The molecule has 2 aromatic rings. The van der Waals surface area contributed by atoms with E-state index in [0.29, 0.717) is 5.92 Å². The fraction of sp³-hybridized carbons (Fsp3) is 0.545. The van der Waals surface area contributed by atoms with E-state index in [-0.39, 0.29) is 0 Å². The largest absolute Gasteiger partial charge is 0.464 e. The number of furan rings is 1. The maximum atomic E-state index is 5.74. The molecule has 128 valence electrons. The third-order valence-corrected chi connectivity index (χ3v) is 6.20. The van der Waals surface area contributed by atoms with Crippen LogP contribution in [-0.4, -0.2) is 24.5 Å². The Labute approximate surface area is 145 Å². The molecule has 1 aromatic carbocycles. The van der Waals surface area contributed by atoms with Crippen LogP contribution in [0.2, 0.25) is 0 Å². The minimum atomic E-state index is 0.669. The van der Waals surface area contributed by atoms with Gasteiger partial charge in [-0.1, -0.05) is 30.4 Å². The van der Waals surface area contributed by atoms with Crippen molar-refractivity contribution in [3.63, 3.8) is 0 Å². The lowest BCUT2D eigenvalue weighted by Gasteiger charge is -2.33. The normalized spacial score (nSPS) is 21.6.